The quantitative estimate of drug-likeness (QED) is 0.0826. The Bertz CT molecular complexity index is 2310. The van der Waals surface area contributed by atoms with Gasteiger partial charge >= 0.3 is 5.69 Å². The number of amides is 3. The van der Waals surface area contributed by atoms with Crippen molar-refractivity contribution in [1.82, 2.24) is 46.1 Å². The van der Waals surface area contributed by atoms with E-state index in [1.807, 2.05) is 36.5 Å². The van der Waals surface area contributed by atoms with E-state index in [-0.39, 0.29) is 25.9 Å². The zero-order valence-electron chi connectivity index (χ0n) is 33.1. The largest absolute Gasteiger partial charge is 0.361 e. The summed E-state index contributed by atoms with van der Waals surface area (Å²) in [4.78, 5) is 72.0. The smallest absolute Gasteiger partial charge is 0.344 e. The third-order valence-electron chi connectivity index (χ3n) is 10.5. The van der Waals surface area contributed by atoms with Crippen molar-refractivity contribution in [1.29, 1.82) is 0 Å². The van der Waals surface area contributed by atoms with Gasteiger partial charge in [0.2, 0.25) is 17.7 Å². The Labute approximate surface area is 355 Å². The molecule has 0 spiro atoms. The molecule has 2 aromatic carbocycles. The maximum absolute atomic E-state index is 14.7. The van der Waals surface area contributed by atoms with Crippen LogP contribution in [0.15, 0.2) is 88.0 Å². The van der Waals surface area contributed by atoms with Crippen molar-refractivity contribution in [3.8, 4) is 11.1 Å². The van der Waals surface area contributed by atoms with E-state index in [1.165, 1.54) is 29.1 Å². The van der Waals surface area contributed by atoms with Gasteiger partial charge in [0.25, 0.3) is 6.43 Å². The van der Waals surface area contributed by atoms with Crippen LogP contribution < -0.4 is 32.7 Å². The molecule has 0 saturated carbocycles. The number of aromatic nitrogens is 4. The first-order chi connectivity index (χ1) is 29.0. The van der Waals surface area contributed by atoms with Gasteiger partial charge in [-0.3, -0.25) is 14.4 Å². The van der Waals surface area contributed by atoms with E-state index in [9.17, 15) is 28.0 Å². The van der Waals surface area contributed by atoms with Crippen molar-refractivity contribution in [3.63, 3.8) is 0 Å². The topological polar surface area (TPSA) is 203 Å². The molecule has 3 atom stereocenters. The maximum Gasteiger partial charge on any atom is 0.344 e. The second-order valence-corrected chi connectivity index (χ2v) is 15.9. The van der Waals surface area contributed by atoms with E-state index < -0.39 is 54.5 Å². The Morgan fingerprint density at radius 3 is 2.55 bits per heavy atom. The summed E-state index contributed by atoms with van der Waals surface area (Å²) >= 11 is 8.26. The van der Waals surface area contributed by atoms with E-state index in [0.29, 0.717) is 70.4 Å². The van der Waals surface area contributed by atoms with Crippen LogP contribution in [0.4, 0.5) is 8.78 Å². The van der Waals surface area contributed by atoms with Crippen molar-refractivity contribution in [3.05, 3.63) is 106 Å². The summed E-state index contributed by atoms with van der Waals surface area (Å²) in [6.45, 7) is 0.389. The average Bonchev–Trinajstić information content (AvgIpc) is 3.66. The number of halogens is 3. The van der Waals surface area contributed by atoms with Gasteiger partial charge in [0.15, 0.2) is 0 Å². The lowest BCUT2D eigenvalue weighted by molar-refractivity contribution is -0.142. The molecule has 4 heterocycles. The highest BCUT2D eigenvalue weighted by molar-refractivity contribution is 7.99. The zero-order chi connectivity index (χ0) is 42.6. The molecule has 3 amide bonds. The summed E-state index contributed by atoms with van der Waals surface area (Å²) in [7, 11) is 1.55. The number of hydrogen-bond acceptors (Lipinski definition) is 10. The fourth-order valence-electron chi connectivity index (χ4n) is 7.22. The summed E-state index contributed by atoms with van der Waals surface area (Å²) in [6.07, 6.45) is 6.08. The molecule has 318 valence electrons. The number of benzene rings is 2. The molecule has 3 aromatic heterocycles. The molecular weight excluding hydrogens is 814 g/mol. The minimum atomic E-state index is -2.49. The monoisotopic (exact) mass is 862 g/mol. The number of nitrogens with two attached hydrogens (primary N) is 1. The lowest BCUT2D eigenvalue weighted by Gasteiger charge is -2.32. The predicted molar refractivity (Wildman–Crippen MR) is 228 cm³/mol. The van der Waals surface area contributed by atoms with Gasteiger partial charge in [-0.05, 0) is 85.6 Å². The summed E-state index contributed by atoms with van der Waals surface area (Å²) in [5, 5.41) is 14.0. The minimum absolute atomic E-state index is 0.0318. The first kappa shape index (κ1) is 44.4. The highest BCUT2D eigenvalue weighted by Crippen LogP contribution is 2.41. The maximum atomic E-state index is 14.7. The van der Waals surface area contributed by atoms with Crippen LogP contribution in [-0.4, -0.2) is 93.8 Å². The number of H-pyrrole nitrogens is 2. The number of nitrogens with one attached hydrogen (secondary N) is 6. The molecule has 14 nitrogen and oxygen atoms in total. The summed E-state index contributed by atoms with van der Waals surface area (Å²) < 4.78 is 25.6. The molecular formula is C42H49ClF2N10O4S. The van der Waals surface area contributed by atoms with Crippen molar-refractivity contribution in [2.24, 2.45) is 5.73 Å². The Balaban J connectivity index is 1.43. The number of carbonyl (C=O) groups is 3. The lowest BCUT2D eigenvalue weighted by atomic mass is 10.00. The normalized spacial score (nSPS) is 18.2. The minimum Gasteiger partial charge on any atom is -0.361 e. The average molecular weight is 863 g/mol. The molecule has 18 heteroatoms. The molecule has 0 unspecified atom stereocenters. The van der Waals surface area contributed by atoms with Gasteiger partial charge in [-0.2, -0.15) is 0 Å². The molecule has 0 aliphatic carbocycles. The highest BCUT2D eigenvalue weighted by Gasteiger charge is 2.34. The first-order valence-electron chi connectivity index (χ1n) is 19.8. The van der Waals surface area contributed by atoms with E-state index in [1.54, 1.807) is 31.4 Å². The number of aromatic amines is 2. The molecule has 0 radical (unpaired) electrons. The predicted octanol–water partition coefficient (Wildman–Crippen LogP) is 4.52. The number of unbranched alkanes of at least 4 members (excludes halogenated alkanes) is 1. The van der Waals surface area contributed by atoms with Gasteiger partial charge in [0, 0.05) is 72.7 Å². The van der Waals surface area contributed by atoms with E-state index in [2.05, 4.69) is 41.2 Å². The van der Waals surface area contributed by atoms with Gasteiger partial charge in [-0.1, -0.05) is 53.7 Å². The number of likely N-dealkylation sites (N-methyl/N-ethyl adjacent to an activating group) is 1. The molecule has 5 aromatic rings. The van der Waals surface area contributed by atoms with Gasteiger partial charge in [-0.25, -0.2) is 23.5 Å². The van der Waals surface area contributed by atoms with Crippen molar-refractivity contribution >= 4 is 52.0 Å². The zero-order valence-corrected chi connectivity index (χ0v) is 34.7. The molecule has 0 bridgehead atoms. The van der Waals surface area contributed by atoms with Crippen molar-refractivity contribution in [2.45, 2.75) is 86.1 Å². The molecule has 8 N–H and O–H groups in total. The highest BCUT2D eigenvalue weighted by atomic mass is 35.5. The van der Waals surface area contributed by atoms with Crippen LogP contribution >= 0.6 is 23.4 Å². The van der Waals surface area contributed by atoms with E-state index >= 15 is 0 Å². The Morgan fingerprint density at radius 1 is 0.950 bits per heavy atom. The van der Waals surface area contributed by atoms with Gasteiger partial charge < -0.3 is 41.9 Å². The Hall–Kier alpha value is -5.20. The van der Waals surface area contributed by atoms with Crippen molar-refractivity contribution in [2.75, 3.05) is 26.7 Å². The summed E-state index contributed by atoms with van der Waals surface area (Å²) in [5.74, 6) is -1.37. The number of nitrogens with zero attached hydrogens (tertiary/aromatic N) is 3. The number of rotatable bonds is 13. The number of fused-ring (bicyclic) bond motifs is 3. The van der Waals surface area contributed by atoms with E-state index in [4.69, 9.17) is 17.3 Å². The number of carbonyl (C=O) groups excluding carboxylic acids is 3. The second kappa shape index (κ2) is 21.4. The number of alkyl halides is 2. The molecule has 1 aliphatic heterocycles. The lowest BCUT2D eigenvalue weighted by Crippen LogP contribution is -2.57. The number of para-hydroxylation sites is 1. The first-order valence-corrected chi connectivity index (χ1v) is 21.0. The second-order valence-electron chi connectivity index (χ2n) is 14.5. The van der Waals surface area contributed by atoms with Gasteiger partial charge in [-0.15, -0.1) is 0 Å². The Morgan fingerprint density at radius 2 is 1.77 bits per heavy atom. The van der Waals surface area contributed by atoms with Crippen LogP contribution in [0.1, 0.15) is 48.8 Å². The fourth-order valence-corrected chi connectivity index (χ4v) is 8.56. The summed E-state index contributed by atoms with van der Waals surface area (Å²) in [6, 6.07) is 12.0. The van der Waals surface area contributed by atoms with Crippen LogP contribution in [0.5, 0.6) is 0 Å². The van der Waals surface area contributed by atoms with Crippen molar-refractivity contribution < 1.29 is 23.2 Å². The third-order valence-corrected chi connectivity index (χ3v) is 12.1. The standard InChI is InChI=1S/C42H49ClF2N10O4S/c1-55-35(18-26-20-49-32-10-3-2-9-29(26)32)39(57)51-23-30-28(27-21-52-42(59)53-22-27)13-14-31(43)37(30)60-40-25(8-7-17-48-40)19-50-33(12-6-15-46)38(56)54-34(41(55)58)11-4-5-16-47-24-36(44)45/h2-3,7-10,13-14,17,20-22,33-36,47,49-50H,4-6,11-12,15-16,18-19,23-24,46H2,1H3,(H,51,57)(H,54,56)(H,52,53,59)/t33-,34-,35-/m0/s1. The summed E-state index contributed by atoms with van der Waals surface area (Å²) in [5.41, 5.74) is 9.65. The SMILES string of the molecule is CN1C(=O)[C@H](CCCCNCC(F)F)NC(=O)[C@H](CCCN)NCc2cccnc2Sc2c(Cl)ccc(-c3cnc(=O)[nH]c3)c2CNC(=O)[C@@H]1Cc1c[nH]c2ccccc12. The van der Waals surface area contributed by atoms with E-state index in [0.717, 1.165) is 22.0 Å². The van der Waals surface area contributed by atoms with Gasteiger partial charge in [0.05, 0.1) is 17.6 Å². The fraction of sp³-hybridized carbons (Fsp3) is 0.381. The van der Waals surface area contributed by atoms with Crippen LogP contribution in [0.25, 0.3) is 22.0 Å². The van der Waals surface area contributed by atoms with Crippen LogP contribution in [0, 0.1) is 0 Å². The third kappa shape index (κ3) is 11.3. The Kier molecular flexibility index (Phi) is 15.8. The molecule has 1 aliphatic rings. The number of hydrogen-bond donors (Lipinski definition) is 7. The molecule has 6 rings (SSSR count). The number of pyridine rings is 1. The van der Waals surface area contributed by atoms with Gasteiger partial charge in [0.1, 0.15) is 17.1 Å². The van der Waals surface area contributed by atoms with Crippen LogP contribution in [0.2, 0.25) is 5.02 Å². The molecule has 0 saturated heterocycles. The van der Waals surface area contributed by atoms with Crippen LogP contribution in [0.3, 0.4) is 0 Å². The van der Waals surface area contributed by atoms with Crippen LogP contribution in [-0.2, 0) is 33.9 Å². The molecule has 0 fully saturated rings. The molecule has 60 heavy (non-hydrogen) atoms.